The van der Waals surface area contributed by atoms with Crippen molar-refractivity contribution in [1.82, 2.24) is 10.2 Å². The molecule has 0 radical (unpaired) electrons. The van der Waals surface area contributed by atoms with Gasteiger partial charge in [0.25, 0.3) is 5.91 Å². The minimum atomic E-state index is -0.409. The van der Waals surface area contributed by atoms with Gasteiger partial charge >= 0.3 is 0 Å². The van der Waals surface area contributed by atoms with E-state index in [2.05, 4.69) is 5.32 Å². The minimum absolute atomic E-state index is 0.0283. The van der Waals surface area contributed by atoms with Crippen LogP contribution in [-0.2, 0) is 4.79 Å². The van der Waals surface area contributed by atoms with Crippen LogP contribution in [0.25, 0.3) is 0 Å². The number of hydrogen-bond acceptors (Lipinski definition) is 2. The molecular weight excluding hydrogens is 259 g/mol. The van der Waals surface area contributed by atoms with Crippen molar-refractivity contribution in [2.75, 3.05) is 13.1 Å². The van der Waals surface area contributed by atoms with Crippen LogP contribution >= 0.6 is 0 Å². The summed E-state index contributed by atoms with van der Waals surface area (Å²) in [5.74, 6) is -0.292. The molecule has 1 aliphatic carbocycles. The first kappa shape index (κ1) is 13.1. The lowest BCUT2D eigenvalue weighted by Gasteiger charge is -2.17. The molecule has 2 aliphatic rings. The predicted octanol–water partition coefficient (Wildman–Crippen LogP) is 1.57. The number of halogens is 1. The van der Waals surface area contributed by atoms with Gasteiger partial charge < -0.3 is 10.2 Å². The molecule has 0 bridgehead atoms. The van der Waals surface area contributed by atoms with Crippen LogP contribution in [0.3, 0.4) is 0 Å². The summed E-state index contributed by atoms with van der Waals surface area (Å²) in [5.41, 5.74) is 0.360. The maximum Gasteiger partial charge on any atom is 0.254 e. The van der Waals surface area contributed by atoms with E-state index in [0.717, 1.165) is 19.3 Å². The smallest absolute Gasteiger partial charge is 0.254 e. The third-order valence-electron chi connectivity index (χ3n) is 3.84. The van der Waals surface area contributed by atoms with E-state index in [9.17, 15) is 14.0 Å². The van der Waals surface area contributed by atoms with E-state index in [1.165, 1.54) is 18.2 Å². The number of nitrogens with zero attached hydrogens (tertiary/aromatic N) is 1. The number of carbonyl (C=O) groups excluding carboxylic acids is 2. The average molecular weight is 276 g/mol. The summed E-state index contributed by atoms with van der Waals surface area (Å²) in [5, 5.41) is 2.98. The van der Waals surface area contributed by atoms with Crippen molar-refractivity contribution in [3.05, 3.63) is 35.6 Å². The van der Waals surface area contributed by atoms with Crippen molar-refractivity contribution in [1.29, 1.82) is 0 Å². The number of carbonyl (C=O) groups is 2. The highest BCUT2D eigenvalue weighted by Gasteiger charge is 2.33. The topological polar surface area (TPSA) is 49.4 Å². The Hall–Kier alpha value is -1.91. The molecule has 0 aromatic heterocycles. The second kappa shape index (κ2) is 5.23. The third-order valence-corrected chi connectivity index (χ3v) is 3.84. The molecule has 4 nitrogen and oxygen atoms in total. The highest BCUT2D eigenvalue weighted by atomic mass is 19.1. The van der Waals surface area contributed by atoms with Gasteiger partial charge in [-0.15, -0.1) is 0 Å². The maximum absolute atomic E-state index is 13.1. The number of benzene rings is 1. The molecule has 1 atom stereocenters. The molecule has 0 spiro atoms. The fraction of sp³-hybridized carbons (Fsp3) is 0.467. The lowest BCUT2D eigenvalue weighted by Crippen LogP contribution is -2.39. The molecular formula is C15H17FN2O2. The van der Waals surface area contributed by atoms with Gasteiger partial charge in [0.1, 0.15) is 5.82 Å². The van der Waals surface area contributed by atoms with Crippen molar-refractivity contribution in [3.63, 3.8) is 0 Å². The summed E-state index contributed by atoms with van der Waals surface area (Å²) in [4.78, 5) is 25.6. The molecule has 3 rings (SSSR count). The number of nitrogens with one attached hydrogen (secondary N) is 1. The van der Waals surface area contributed by atoms with Crippen LogP contribution in [0.4, 0.5) is 4.39 Å². The second-order valence-electron chi connectivity index (χ2n) is 5.53. The average Bonchev–Trinajstić information content (AvgIpc) is 3.19. The van der Waals surface area contributed by atoms with Crippen LogP contribution in [0.1, 0.15) is 29.6 Å². The van der Waals surface area contributed by atoms with E-state index in [1.54, 1.807) is 11.0 Å². The number of rotatable bonds is 3. The quantitative estimate of drug-likeness (QED) is 0.911. The standard InChI is InChI=1S/C15H17FN2O2/c16-12-3-1-2-11(8-12)15(20)18-7-6-13(9-18)17-14(19)10-4-5-10/h1-3,8,10,13H,4-7,9H2,(H,17,19)/t13-/m1/s1. The summed E-state index contributed by atoms with van der Waals surface area (Å²) >= 11 is 0. The third kappa shape index (κ3) is 2.81. The van der Waals surface area contributed by atoms with E-state index in [0.29, 0.717) is 18.7 Å². The van der Waals surface area contributed by atoms with Gasteiger partial charge in [0, 0.05) is 30.6 Å². The fourth-order valence-corrected chi connectivity index (χ4v) is 2.53. The Morgan fingerprint density at radius 1 is 1.25 bits per heavy atom. The summed E-state index contributed by atoms with van der Waals surface area (Å²) in [6, 6.07) is 5.74. The van der Waals surface area contributed by atoms with Gasteiger partial charge in [-0.05, 0) is 37.5 Å². The normalized spacial score (nSPS) is 21.9. The SMILES string of the molecule is O=C(N[C@@H]1CCN(C(=O)c2cccc(F)c2)C1)C1CC1. The van der Waals surface area contributed by atoms with Crippen molar-refractivity contribution >= 4 is 11.8 Å². The zero-order valence-electron chi connectivity index (χ0n) is 11.1. The molecule has 1 saturated heterocycles. The second-order valence-corrected chi connectivity index (χ2v) is 5.53. The monoisotopic (exact) mass is 276 g/mol. The zero-order chi connectivity index (χ0) is 14.1. The lowest BCUT2D eigenvalue weighted by atomic mass is 10.2. The first-order valence-electron chi connectivity index (χ1n) is 6.99. The summed E-state index contributed by atoms with van der Waals surface area (Å²) in [6.07, 6.45) is 2.72. The van der Waals surface area contributed by atoms with Gasteiger partial charge in [0.15, 0.2) is 0 Å². The Bertz CT molecular complexity index is 542. The van der Waals surface area contributed by atoms with Crippen LogP contribution < -0.4 is 5.32 Å². The molecule has 2 amide bonds. The van der Waals surface area contributed by atoms with Gasteiger partial charge in [0.05, 0.1) is 0 Å². The van der Waals surface area contributed by atoms with Crippen molar-refractivity contribution in [2.24, 2.45) is 5.92 Å². The van der Waals surface area contributed by atoms with Gasteiger partial charge in [-0.25, -0.2) is 4.39 Å². The Kier molecular flexibility index (Phi) is 3.42. The van der Waals surface area contributed by atoms with Crippen LogP contribution in [0.2, 0.25) is 0 Å². The first-order valence-corrected chi connectivity index (χ1v) is 6.99. The van der Waals surface area contributed by atoms with E-state index in [-0.39, 0.29) is 23.8 Å². The van der Waals surface area contributed by atoms with Crippen molar-refractivity contribution in [3.8, 4) is 0 Å². The molecule has 0 unspecified atom stereocenters. The van der Waals surface area contributed by atoms with Gasteiger partial charge in [0.2, 0.25) is 5.91 Å². The van der Waals surface area contributed by atoms with E-state index >= 15 is 0 Å². The zero-order valence-corrected chi connectivity index (χ0v) is 11.1. The first-order chi connectivity index (χ1) is 9.63. The minimum Gasteiger partial charge on any atom is -0.351 e. The van der Waals surface area contributed by atoms with Gasteiger partial charge in [-0.1, -0.05) is 6.07 Å². The Labute approximate surface area is 117 Å². The number of amides is 2. The summed E-state index contributed by atoms with van der Waals surface area (Å²) < 4.78 is 13.1. The molecule has 1 saturated carbocycles. The number of hydrogen-bond donors (Lipinski definition) is 1. The molecule has 106 valence electrons. The Balaban J connectivity index is 1.58. The van der Waals surface area contributed by atoms with Gasteiger partial charge in [-0.2, -0.15) is 0 Å². The Morgan fingerprint density at radius 2 is 2.05 bits per heavy atom. The predicted molar refractivity (Wildman–Crippen MR) is 71.6 cm³/mol. The van der Waals surface area contributed by atoms with Gasteiger partial charge in [-0.3, -0.25) is 9.59 Å². The number of likely N-dealkylation sites (tertiary alicyclic amines) is 1. The molecule has 5 heteroatoms. The van der Waals surface area contributed by atoms with Crippen LogP contribution in [0.5, 0.6) is 0 Å². The van der Waals surface area contributed by atoms with Crippen molar-refractivity contribution < 1.29 is 14.0 Å². The van der Waals surface area contributed by atoms with Crippen LogP contribution in [0, 0.1) is 11.7 Å². The van der Waals surface area contributed by atoms with Crippen LogP contribution in [-0.4, -0.2) is 35.8 Å². The molecule has 1 N–H and O–H groups in total. The fourth-order valence-electron chi connectivity index (χ4n) is 2.53. The summed E-state index contributed by atoms with van der Waals surface area (Å²) in [6.45, 7) is 1.11. The van der Waals surface area contributed by atoms with Crippen LogP contribution in [0.15, 0.2) is 24.3 Å². The van der Waals surface area contributed by atoms with E-state index in [4.69, 9.17) is 0 Å². The molecule has 2 fully saturated rings. The molecule has 20 heavy (non-hydrogen) atoms. The molecule has 1 aromatic carbocycles. The highest BCUT2D eigenvalue weighted by molar-refractivity contribution is 5.94. The lowest BCUT2D eigenvalue weighted by molar-refractivity contribution is -0.122. The summed E-state index contributed by atoms with van der Waals surface area (Å²) in [7, 11) is 0. The molecule has 1 aliphatic heterocycles. The highest BCUT2D eigenvalue weighted by Crippen LogP contribution is 2.29. The molecule has 1 heterocycles. The maximum atomic E-state index is 13.1. The van der Waals surface area contributed by atoms with E-state index < -0.39 is 5.82 Å². The van der Waals surface area contributed by atoms with Crippen molar-refractivity contribution in [2.45, 2.75) is 25.3 Å². The largest absolute Gasteiger partial charge is 0.351 e. The van der Waals surface area contributed by atoms with E-state index in [1.807, 2.05) is 0 Å². The Morgan fingerprint density at radius 3 is 2.75 bits per heavy atom. The molecule has 1 aromatic rings.